The van der Waals surface area contributed by atoms with Gasteiger partial charge in [-0.2, -0.15) is 0 Å². The predicted octanol–water partition coefficient (Wildman–Crippen LogP) is 4.41. The summed E-state index contributed by atoms with van der Waals surface area (Å²) >= 11 is 2.09. The largest absolute Gasteiger partial charge is 0.335 e. The van der Waals surface area contributed by atoms with Crippen LogP contribution in [-0.4, -0.2) is 23.9 Å². The zero-order chi connectivity index (χ0) is 15.1. The molecule has 0 saturated heterocycles. The third-order valence-electron chi connectivity index (χ3n) is 5.24. The Morgan fingerprint density at radius 1 is 1.27 bits per heavy atom. The molecule has 1 saturated carbocycles. The van der Waals surface area contributed by atoms with Crippen molar-refractivity contribution < 1.29 is 0 Å². The lowest BCUT2D eigenvalue weighted by atomic mass is 9.94. The second-order valence-corrected chi connectivity index (χ2v) is 7.92. The first kappa shape index (κ1) is 14.6. The smallest absolute Gasteiger partial charge is 0.0795 e. The van der Waals surface area contributed by atoms with E-state index in [9.17, 15) is 0 Å². The van der Waals surface area contributed by atoms with E-state index in [1.54, 1.807) is 10.6 Å². The van der Waals surface area contributed by atoms with Crippen molar-refractivity contribution in [2.75, 3.05) is 19.3 Å². The van der Waals surface area contributed by atoms with Crippen LogP contribution in [-0.2, 0) is 13.0 Å². The van der Waals surface area contributed by atoms with Crippen LogP contribution in [0.5, 0.6) is 0 Å². The summed E-state index contributed by atoms with van der Waals surface area (Å²) in [7, 11) is 2.09. The van der Waals surface area contributed by atoms with Gasteiger partial charge in [0.2, 0.25) is 0 Å². The summed E-state index contributed by atoms with van der Waals surface area (Å²) in [5.74, 6) is 2.87. The SMILES string of the molecule is CCc1cccc2c3c(n(CC4CC4)c12)SCCC3CNC. The third-order valence-corrected chi connectivity index (χ3v) is 6.39. The standard InChI is InChI=1S/C19H26N2S/c1-3-14-5-4-6-16-17-15(11-20-2)9-10-22-19(17)21(18(14)16)12-13-7-8-13/h4-6,13,15,20H,3,7-12H2,1-2H3. The number of nitrogens with zero attached hydrogens (tertiary/aromatic N) is 1. The van der Waals surface area contributed by atoms with Gasteiger partial charge >= 0.3 is 0 Å². The molecule has 1 atom stereocenters. The number of hydrogen-bond acceptors (Lipinski definition) is 2. The first-order chi connectivity index (χ1) is 10.8. The molecule has 1 fully saturated rings. The van der Waals surface area contributed by atoms with Crippen molar-refractivity contribution in [3.05, 3.63) is 29.3 Å². The molecule has 22 heavy (non-hydrogen) atoms. The lowest BCUT2D eigenvalue weighted by molar-refractivity contribution is 0.562. The van der Waals surface area contributed by atoms with Gasteiger partial charge in [0.15, 0.2) is 0 Å². The molecule has 1 aromatic heterocycles. The monoisotopic (exact) mass is 314 g/mol. The fraction of sp³-hybridized carbons (Fsp3) is 0.579. The van der Waals surface area contributed by atoms with Crippen molar-refractivity contribution >= 4 is 22.7 Å². The van der Waals surface area contributed by atoms with Gasteiger partial charge in [-0.05, 0) is 49.8 Å². The molecule has 118 valence electrons. The van der Waals surface area contributed by atoms with Gasteiger partial charge in [-0.3, -0.25) is 0 Å². The van der Waals surface area contributed by atoms with Gasteiger partial charge in [0.1, 0.15) is 0 Å². The third kappa shape index (κ3) is 2.39. The molecule has 0 amide bonds. The van der Waals surface area contributed by atoms with Crippen LogP contribution < -0.4 is 5.32 Å². The highest BCUT2D eigenvalue weighted by atomic mass is 32.2. The summed E-state index contributed by atoms with van der Waals surface area (Å²) in [6.07, 6.45) is 5.28. The topological polar surface area (TPSA) is 17.0 Å². The highest BCUT2D eigenvalue weighted by Gasteiger charge is 2.31. The quantitative estimate of drug-likeness (QED) is 0.880. The Balaban J connectivity index is 1.94. The van der Waals surface area contributed by atoms with Gasteiger partial charge < -0.3 is 9.88 Å². The average Bonchev–Trinajstić information content (AvgIpc) is 3.30. The maximum atomic E-state index is 3.42. The molecule has 4 rings (SSSR count). The number of likely N-dealkylation sites (N-methyl/N-ethyl adjacent to an activating group) is 1. The first-order valence-corrected chi connectivity index (χ1v) is 9.73. The van der Waals surface area contributed by atoms with E-state index in [-0.39, 0.29) is 0 Å². The minimum absolute atomic E-state index is 0.677. The first-order valence-electron chi connectivity index (χ1n) is 8.74. The molecule has 0 spiro atoms. The van der Waals surface area contributed by atoms with E-state index >= 15 is 0 Å². The van der Waals surface area contributed by atoms with Crippen molar-refractivity contribution in [1.82, 2.24) is 9.88 Å². The maximum absolute atomic E-state index is 3.42. The van der Waals surface area contributed by atoms with E-state index in [1.807, 2.05) is 0 Å². The summed E-state index contributed by atoms with van der Waals surface area (Å²) in [4.78, 5) is 0. The Labute approximate surface area is 137 Å². The molecule has 1 aliphatic heterocycles. The van der Waals surface area contributed by atoms with Crippen LogP contribution in [0.1, 0.15) is 43.2 Å². The van der Waals surface area contributed by atoms with E-state index in [0.717, 1.165) is 18.9 Å². The second-order valence-electron chi connectivity index (χ2n) is 6.83. The highest BCUT2D eigenvalue weighted by molar-refractivity contribution is 7.99. The molecular weight excluding hydrogens is 288 g/mol. The molecular formula is C19H26N2S. The van der Waals surface area contributed by atoms with Crippen molar-refractivity contribution in [1.29, 1.82) is 0 Å². The van der Waals surface area contributed by atoms with E-state index in [1.165, 1.54) is 48.0 Å². The number of benzene rings is 1. The van der Waals surface area contributed by atoms with Gasteiger partial charge in [0.25, 0.3) is 0 Å². The van der Waals surface area contributed by atoms with Crippen LogP contribution >= 0.6 is 11.8 Å². The van der Waals surface area contributed by atoms with E-state index in [0.29, 0.717) is 5.92 Å². The molecule has 1 N–H and O–H groups in total. The number of fused-ring (bicyclic) bond motifs is 3. The van der Waals surface area contributed by atoms with E-state index in [2.05, 4.69) is 53.8 Å². The molecule has 1 aromatic carbocycles. The van der Waals surface area contributed by atoms with E-state index < -0.39 is 0 Å². The van der Waals surface area contributed by atoms with Crippen LogP contribution in [0.2, 0.25) is 0 Å². The van der Waals surface area contributed by atoms with Gasteiger partial charge in [0, 0.05) is 30.1 Å². The summed E-state index contributed by atoms with van der Waals surface area (Å²) < 4.78 is 2.69. The summed E-state index contributed by atoms with van der Waals surface area (Å²) in [5, 5.41) is 6.52. The summed E-state index contributed by atoms with van der Waals surface area (Å²) in [5.41, 5.74) is 4.70. The number of rotatable bonds is 5. The minimum Gasteiger partial charge on any atom is -0.335 e. The predicted molar refractivity (Wildman–Crippen MR) is 96.0 cm³/mol. The Kier molecular flexibility index (Phi) is 3.95. The molecule has 0 radical (unpaired) electrons. The van der Waals surface area contributed by atoms with Gasteiger partial charge in [-0.15, -0.1) is 11.8 Å². The summed E-state index contributed by atoms with van der Waals surface area (Å²) in [6.45, 7) is 4.63. The number of hydrogen-bond donors (Lipinski definition) is 1. The number of para-hydroxylation sites is 1. The number of nitrogens with one attached hydrogen (secondary N) is 1. The lowest BCUT2D eigenvalue weighted by Gasteiger charge is -2.24. The molecule has 2 aliphatic rings. The van der Waals surface area contributed by atoms with Crippen molar-refractivity contribution in [3.8, 4) is 0 Å². The zero-order valence-corrected chi connectivity index (χ0v) is 14.5. The van der Waals surface area contributed by atoms with Gasteiger partial charge in [-0.1, -0.05) is 25.1 Å². The van der Waals surface area contributed by atoms with Crippen LogP contribution in [0.15, 0.2) is 23.2 Å². The van der Waals surface area contributed by atoms with Crippen LogP contribution in [0, 0.1) is 5.92 Å². The van der Waals surface area contributed by atoms with Crippen molar-refractivity contribution in [2.45, 2.75) is 50.1 Å². The van der Waals surface area contributed by atoms with Crippen LogP contribution in [0.4, 0.5) is 0 Å². The molecule has 2 aromatic rings. The number of aryl methyl sites for hydroxylation is 1. The van der Waals surface area contributed by atoms with Crippen molar-refractivity contribution in [3.63, 3.8) is 0 Å². The van der Waals surface area contributed by atoms with Gasteiger partial charge in [0.05, 0.1) is 10.5 Å². The molecule has 3 heteroatoms. The molecule has 1 unspecified atom stereocenters. The number of thioether (sulfide) groups is 1. The highest BCUT2D eigenvalue weighted by Crippen LogP contribution is 2.46. The van der Waals surface area contributed by atoms with Gasteiger partial charge in [-0.25, -0.2) is 0 Å². The Morgan fingerprint density at radius 2 is 2.14 bits per heavy atom. The molecule has 1 aliphatic carbocycles. The Morgan fingerprint density at radius 3 is 2.86 bits per heavy atom. The lowest BCUT2D eigenvalue weighted by Crippen LogP contribution is -2.20. The van der Waals surface area contributed by atoms with E-state index in [4.69, 9.17) is 0 Å². The molecule has 0 bridgehead atoms. The summed E-state index contributed by atoms with van der Waals surface area (Å²) in [6, 6.07) is 6.96. The zero-order valence-electron chi connectivity index (χ0n) is 13.7. The minimum atomic E-state index is 0.677. The van der Waals surface area contributed by atoms with Crippen molar-refractivity contribution in [2.24, 2.45) is 5.92 Å². The fourth-order valence-electron chi connectivity index (χ4n) is 3.95. The molecule has 2 heterocycles. The Bertz CT molecular complexity index is 684. The average molecular weight is 314 g/mol. The maximum Gasteiger partial charge on any atom is 0.0795 e. The van der Waals surface area contributed by atoms with Crippen LogP contribution in [0.25, 0.3) is 10.9 Å². The Hall–Kier alpha value is -0.930. The number of aromatic nitrogens is 1. The van der Waals surface area contributed by atoms with Crippen LogP contribution in [0.3, 0.4) is 0 Å². The fourth-order valence-corrected chi connectivity index (χ4v) is 5.30. The normalized spacial score (nSPS) is 21.3. The molecule has 2 nitrogen and oxygen atoms in total. The second kappa shape index (κ2) is 5.93.